The number of aryl methyl sites for hydroxylation is 2. The average molecular weight is 294 g/mol. The summed E-state index contributed by atoms with van der Waals surface area (Å²) in [4.78, 5) is 11.9. The number of Topliss-reactive ketones (excluding diaryl/α,β-unsaturated/α-hetero) is 1. The number of hydrogen-bond acceptors (Lipinski definition) is 2. The van der Waals surface area contributed by atoms with Crippen molar-refractivity contribution in [2.24, 2.45) is 13.0 Å². The van der Waals surface area contributed by atoms with Crippen molar-refractivity contribution in [3.8, 4) is 0 Å². The Morgan fingerprint density at radius 2 is 2.15 bits per heavy atom. The first-order valence-electron chi connectivity index (χ1n) is 6.84. The van der Waals surface area contributed by atoms with Crippen molar-refractivity contribution in [3.63, 3.8) is 0 Å². The lowest BCUT2D eigenvalue weighted by molar-refractivity contribution is 0.0939. The van der Waals surface area contributed by atoms with Crippen LogP contribution in [-0.2, 0) is 20.0 Å². The highest BCUT2D eigenvalue weighted by atomic mass is 35.5. The summed E-state index contributed by atoms with van der Waals surface area (Å²) in [5.41, 5.74) is 2.62. The molecule has 0 aliphatic rings. The van der Waals surface area contributed by atoms with Gasteiger partial charge in [-0.1, -0.05) is 32.4 Å². The summed E-state index contributed by atoms with van der Waals surface area (Å²) in [6.07, 6.45) is 4.59. The van der Waals surface area contributed by atoms with E-state index in [9.17, 15) is 4.79 Å². The zero-order valence-corrected chi connectivity index (χ0v) is 13.1. The van der Waals surface area contributed by atoms with Crippen molar-refractivity contribution < 1.29 is 4.79 Å². The van der Waals surface area contributed by atoms with E-state index in [1.165, 1.54) is 0 Å². The molecule has 0 radical (unpaired) electrons. The molecule has 2 aromatic heterocycles. The topological polar surface area (TPSA) is 39.8 Å². The van der Waals surface area contributed by atoms with E-state index in [0.29, 0.717) is 6.54 Å². The minimum absolute atomic E-state index is 0.0119. The van der Waals surface area contributed by atoms with Crippen molar-refractivity contribution in [3.05, 3.63) is 40.4 Å². The predicted molar refractivity (Wildman–Crippen MR) is 80.3 cm³/mol. The number of hydrogen-bond donors (Lipinski definition) is 0. The van der Waals surface area contributed by atoms with Crippen LogP contribution in [0.1, 0.15) is 42.5 Å². The van der Waals surface area contributed by atoms with Crippen LogP contribution < -0.4 is 0 Å². The van der Waals surface area contributed by atoms with E-state index in [1.807, 2.05) is 55.5 Å². The Balaban J connectivity index is 2.23. The highest BCUT2D eigenvalue weighted by Gasteiger charge is 2.15. The first kappa shape index (κ1) is 14.9. The Morgan fingerprint density at radius 3 is 2.70 bits per heavy atom. The second-order valence-corrected chi connectivity index (χ2v) is 5.65. The molecule has 5 heteroatoms. The number of nitrogens with zero attached hydrogens (tertiary/aromatic N) is 3. The number of carbonyl (C=O) groups excluding carboxylic acids is 1. The van der Waals surface area contributed by atoms with E-state index < -0.39 is 0 Å². The molecular weight excluding hydrogens is 274 g/mol. The molecule has 0 atom stereocenters. The Hall–Kier alpha value is -1.55. The second-order valence-electron chi connectivity index (χ2n) is 5.28. The number of aromatic nitrogens is 3. The van der Waals surface area contributed by atoms with E-state index in [1.54, 1.807) is 0 Å². The lowest BCUT2D eigenvalue weighted by Gasteiger charge is -2.05. The van der Waals surface area contributed by atoms with Gasteiger partial charge in [0.25, 0.3) is 0 Å². The maximum atomic E-state index is 11.9. The number of ketones is 1. The van der Waals surface area contributed by atoms with Gasteiger partial charge in [0.15, 0.2) is 5.78 Å². The zero-order valence-electron chi connectivity index (χ0n) is 12.4. The summed E-state index contributed by atoms with van der Waals surface area (Å²) in [5.74, 6) is 0.173. The lowest BCUT2D eigenvalue weighted by Crippen LogP contribution is -2.07. The van der Waals surface area contributed by atoms with Gasteiger partial charge in [0, 0.05) is 30.9 Å². The van der Waals surface area contributed by atoms with E-state index in [-0.39, 0.29) is 11.7 Å². The van der Waals surface area contributed by atoms with E-state index in [2.05, 4.69) is 5.10 Å². The van der Waals surface area contributed by atoms with E-state index in [4.69, 9.17) is 11.6 Å². The SMILES string of the molecule is CCc1nn(C)c(Cn2ccc(C(=O)C(C)C)c2)c1Cl. The summed E-state index contributed by atoms with van der Waals surface area (Å²) in [7, 11) is 1.89. The highest BCUT2D eigenvalue weighted by Crippen LogP contribution is 2.22. The van der Waals surface area contributed by atoms with Crippen LogP contribution in [0.15, 0.2) is 18.5 Å². The molecule has 0 N–H and O–H groups in total. The van der Waals surface area contributed by atoms with E-state index >= 15 is 0 Å². The molecule has 0 aliphatic carbocycles. The molecule has 2 rings (SSSR count). The maximum absolute atomic E-state index is 11.9. The summed E-state index contributed by atoms with van der Waals surface area (Å²) in [5, 5.41) is 5.12. The minimum Gasteiger partial charge on any atom is -0.348 e. The first-order chi connectivity index (χ1) is 9.43. The Kier molecular flexibility index (Phi) is 4.33. The van der Waals surface area contributed by atoms with Crippen LogP contribution >= 0.6 is 11.6 Å². The first-order valence-corrected chi connectivity index (χ1v) is 7.22. The largest absolute Gasteiger partial charge is 0.348 e. The van der Waals surface area contributed by atoms with Gasteiger partial charge in [-0.15, -0.1) is 0 Å². The maximum Gasteiger partial charge on any atom is 0.166 e. The molecule has 20 heavy (non-hydrogen) atoms. The third kappa shape index (κ3) is 2.80. The molecule has 0 aromatic carbocycles. The quantitative estimate of drug-likeness (QED) is 0.793. The molecule has 0 aliphatic heterocycles. The molecule has 4 nitrogen and oxygen atoms in total. The van der Waals surface area contributed by atoms with Crippen LogP contribution in [0, 0.1) is 5.92 Å². The lowest BCUT2D eigenvalue weighted by atomic mass is 10.0. The van der Waals surface area contributed by atoms with Crippen LogP contribution in [0.3, 0.4) is 0 Å². The normalized spacial score (nSPS) is 11.3. The molecule has 108 valence electrons. The molecule has 2 heterocycles. The molecule has 0 fully saturated rings. The molecule has 0 saturated carbocycles. The summed E-state index contributed by atoms with van der Waals surface area (Å²) in [6, 6.07) is 1.85. The monoisotopic (exact) mass is 293 g/mol. The fourth-order valence-electron chi connectivity index (χ4n) is 2.18. The van der Waals surface area contributed by atoms with Gasteiger partial charge in [0.05, 0.1) is 23.0 Å². The fourth-order valence-corrected chi connectivity index (χ4v) is 2.54. The third-order valence-electron chi connectivity index (χ3n) is 3.39. The van der Waals surface area contributed by atoms with Gasteiger partial charge < -0.3 is 4.57 Å². The zero-order chi connectivity index (χ0) is 14.9. The number of halogens is 1. The molecule has 0 saturated heterocycles. The van der Waals surface area contributed by atoms with Gasteiger partial charge in [0.2, 0.25) is 0 Å². The van der Waals surface area contributed by atoms with Crippen molar-refractivity contribution in [2.75, 3.05) is 0 Å². The van der Waals surface area contributed by atoms with Crippen LogP contribution in [-0.4, -0.2) is 20.1 Å². The van der Waals surface area contributed by atoms with Gasteiger partial charge in [-0.25, -0.2) is 0 Å². The number of rotatable bonds is 5. The number of carbonyl (C=O) groups is 1. The van der Waals surface area contributed by atoms with Crippen molar-refractivity contribution >= 4 is 17.4 Å². The summed E-state index contributed by atoms with van der Waals surface area (Å²) in [6.45, 7) is 6.47. The molecular formula is C15H20ClN3O. The molecule has 0 spiro atoms. The molecule has 2 aromatic rings. The van der Waals surface area contributed by atoms with Gasteiger partial charge in [-0.3, -0.25) is 9.48 Å². The van der Waals surface area contributed by atoms with Crippen LogP contribution in [0.5, 0.6) is 0 Å². The molecule has 0 unspecified atom stereocenters. The van der Waals surface area contributed by atoms with Crippen LogP contribution in [0.4, 0.5) is 0 Å². The Bertz CT molecular complexity index is 625. The van der Waals surface area contributed by atoms with Gasteiger partial charge in [-0.2, -0.15) is 5.10 Å². The standard InChI is InChI=1S/C15H20ClN3O/c1-5-12-14(16)13(18(4)17-12)9-19-7-6-11(8-19)15(20)10(2)3/h6-8,10H,5,9H2,1-4H3. The molecule has 0 amide bonds. The van der Waals surface area contributed by atoms with Gasteiger partial charge in [-0.05, 0) is 12.5 Å². The van der Waals surface area contributed by atoms with Crippen molar-refractivity contribution in [1.29, 1.82) is 0 Å². The third-order valence-corrected chi connectivity index (χ3v) is 3.83. The van der Waals surface area contributed by atoms with Crippen molar-refractivity contribution in [1.82, 2.24) is 14.3 Å². The summed E-state index contributed by atoms with van der Waals surface area (Å²) < 4.78 is 3.78. The highest BCUT2D eigenvalue weighted by molar-refractivity contribution is 6.31. The Morgan fingerprint density at radius 1 is 1.45 bits per heavy atom. The predicted octanol–water partition coefficient (Wildman–Crippen LogP) is 3.32. The average Bonchev–Trinajstić information content (AvgIpc) is 2.97. The van der Waals surface area contributed by atoms with Crippen molar-refractivity contribution in [2.45, 2.75) is 33.7 Å². The Labute approximate surface area is 124 Å². The van der Waals surface area contributed by atoms with Gasteiger partial charge in [0.1, 0.15) is 0 Å². The second kappa shape index (κ2) is 5.83. The fraction of sp³-hybridized carbons (Fsp3) is 0.467. The summed E-state index contributed by atoms with van der Waals surface area (Å²) >= 11 is 6.34. The smallest absolute Gasteiger partial charge is 0.166 e. The van der Waals surface area contributed by atoms with Crippen LogP contribution in [0.2, 0.25) is 5.02 Å². The molecule has 0 bridgehead atoms. The van der Waals surface area contributed by atoms with E-state index in [0.717, 1.165) is 28.4 Å². The minimum atomic E-state index is 0.0119. The van der Waals surface area contributed by atoms with Crippen LogP contribution in [0.25, 0.3) is 0 Å². The van der Waals surface area contributed by atoms with Gasteiger partial charge >= 0.3 is 0 Å².